The minimum Gasteiger partial charge on any atom is -0.448 e. The molecule has 0 aromatic heterocycles. The molecule has 32 heavy (non-hydrogen) atoms. The highest BCUT2D eigenvalue weighted by Gasteiger charge is 2.46. The van der Waals surface area contributed by atoms with E-state index in [0.717, 1.165) is 11.1 Å². The second-order valence-electron chi connectivity index (χ2n) is 9.72. The first-order valence-electron chi connectivity index (χ1n) is 10.8. The smallest absolute Gasteiger partial charge is 0.410 e. The van der Waals surface area contributed by atoms with Gasteiger partial charge in [0.1, 0.15) is 17.8 Å². The fourth-order valence-corrected chi connectivity index (χ4v) is 4.42. The molecule has 1 N–H and O–H groups in total. The molecule has 2 amide bonds. The standard InChI is InChI=1S/C25H30N2O5/c1-24(2,3)32-22(28)26(4)14-25(30)15-27(16-25)23(29)31-13-21-19-11-7-5-9-17(19)18-10-6-8-12-20(18)21/h5-12,21,30H,13-16H2,1-4H3. The molecule has 0 unspecified atom stereocenters. The number of hydrogen-bond donors (Lipinski definition) is 1. The maximum atomic E-state index is 12.6. The van der Waals surface area contributed by atoms with Crippen LogP contribution >= 0.6 is 0 Å². The molecule has 2 aromatic carbocycles. The summed E-state index contributed by atoms with van der Waals surface area (Å²) in [6.07, 6.45) is -0.970. The number of aliphatic hydroxyl groups is 1. The number of carbonyl (C=O) groups is 2. The monoisotopic (exact) mass is 438 g/mol. The van der Waals surface area contributed by atoms with Crippen molar-refractivity contribution < 1.29 is 24.2 Å². The zero-order valence-electron chi connectivity index (χ0n) is 19.0. The van der Waals surface area contributed by atoms with Gasteiger partial charge in [0.15, 0.2) is 0 Å². The Morgan fingerprint density at radius 1 is 1.06 bits per heavy atom. The molecule has 2 aliphatic rings. The first-order chi connectivity index (χ1) is 15.1. The van der Waals surface area contributed by atoms with Crippen molar-refractivity contribution in [2.24, 2.45) is 0 Å². The summed E-state index contributed by atoms with van der Waals surface area (Å²) < 4.78 is 10.9. The Balaban J connectivity index is 1.32. The normalized spacial score (nSPS) is 16.6. The minimum absolute atomic E-state index is 0.00943. The van der Waals surface area contributed by atoms with Crippen LogP contribution < -0.4 is 0 Å². The Kier molecular flexibility index (Phi) is 5.63. The third-order valence-electron chi connectivity index (χ3n) is 5.80. The van der Waals surface area contributed by atoms with Gasteiger partial charge in [-0.3, -0.25) is 0 Å². The molecule has 1 aliphatic carbocycles. The van der Waals surface area contributed by atoms with E-state index in [9.17, 15) is 14.7 Å². The van der Waals surface area contributed by atoms with Gasteiger partial charge < -0.3 is 24.4 Å². The lowest BCUT2D eigenvalue weighted by Crippen LogP contribution is -2.67. The number of likely N-dealkylation sites (N-methyl/N-ethyl adjacent to an activating group) is 1. The summed E-state index contributed by atoms with van der Waals surface area (Å²) in [5, 5.41) is 10.7. The fraction of sp³-hybridized carbons (Fsp3) is 0.440. The van der Waals surface area contributed by atoms with Gasteiger partial charge in [-0.05, 0) is 43.0 Å². The maximum Gasteiger partial charge on any atom is 0.410 e. The predicted molar refractivity (Wildman–Crippen MR) is 120 cm³/mol. The summed E-state index contributed by atoms with van der Waals surface area (Å²) in [5.41, 5.74) is 2.87. The van der Waals surface area contributed by atoms with Crippen LogP contribution in [0.1, 0.15) is 37.8 Å². The summed E-state index contributed by atoms with van der Waals surface area (Å²) in [4.78, 5) is 27.5. The quantitative estimate of drug-likeness (QED) is 0.785. The number of rotatable bonds is 4. The van der Waals surface area contributed by atoms with E-state index in [1.807, 2.05) is 24.3 Å². The molecular weight excluding hydrogens is 408 g/mol. The second kappa shape index (κ2) is 8.13. The highest BCUT2D eigenvalue weighted by atomic mass is 16.6. The van der Waals surface area contributed by atoms with E-state index in [1.165, 1.54) is 20.9 Å². The van der Waals surface area contributed by atoms with Crippen LogP contribution in [0.15, 0.2) is 48.5 Å². The molecule has 1 fully saturated rings. The van der Waals surface area contributed by atoms with E-state index >= 15 is 0 Å². The van der Waals surface area contributed by atoms with Crippen LogP contribution in [0.3, 0.4) is 0 Å². The minimum atomic E-state index is -1.17. The molecule has 0 atom stereocenters. The summed E-state index contributed by atoms with van der Waals surface area (Å²) in [6.45, 7) is 5.89. The number of carbonyl (C=O) groups excluding carboxylic acids is 2. The molecule has 1 heterocycles. The van der Waals surface area contributed by atoms with Crippen LogP contribution in [0.5, 0.6) is 0 Å². The van der Waals surface area contributed by atoms with Crippen molar-refractivity contribution in [1.29, 1.82) is 0 Å². The SMILES string of the molecule is CN(CC1(O)CN(C(=O)OCC2c3ccccc3-c3ccccc32)C1)C(=O)OC(C)(C)C. The number of benzene rings is 2. The highest BCUT2D eigenvalue weighted by molar-refractivity contribution is 5.79. The van der Waals surface area contributed by atoms with Gasteiger partial charge in [0.25, 0.3) is 0 Å². The van der Waals surface area contributed by atoms with Gasteiger partial charge in [0.2, 0.25) is 0 Å². The predicted octanol–water partition coefficient (Wildman–Crippen LogP) is 3.85. The zero-order valence-corrected chi connectivity index (χ0v) is 19.0. The Morgan fingerprint density at radius 2 is 1.59 bits per heavy atom. The largest absolute Gasteiger partial charge is 0.448 e. The number of amides is 2. The molecule has 0 saturated carbocycles. The Hall–Kier alpha value is -3.06. The van der Waals surface area contributed by atoms with Crippen molar-refractivity contribution in [3.05, 3.63) is 59.7 Å². The molecule has 0 spiro atoms. The first kappa shape index (κ1) is 22.1. The Morgan fingerprint density at radius 3 is 2.12 bits per heavy atom. The van der Waals surface area contributed by atoms with Gasteiger partial charge in [-0.1, -0.05) is 48.5 Å². The topological polar surface area (TPSA) is 79.3 Å². The molecular formula is C25H30N2O5. The summed E-state index contributed by atoms with van der Waals surface area (Å²) >= 11 is 0. The van der Waals surface area contributed by atoms with Crippen molar-refractivity contribution in [2.45, 2.75) is 37.9 Å². The summed E-state index contributed by atoms with van der Waals surface area (Å²) in [6, 6.07) is 16.3. The van der Waals surface area contributed by atoms with Gasteiger partial charge >= 0.3 is 12.2 Å². The van der Waals surface area contributed by atoms with Gasteiger partial charge in [-0.15, -0.1) is 0 Å². The molecule has 1 aliphatic heterocycles. The third-order valence-corrected chi connectivity index (χ3v) is 5.80. The molecule has 0 bridgehead atoms. The Bertz CT molecular complexity index is 977. The number of nitrogens with zero attached hydrogens (tertiary/aromatic N) is 2. The van der Waals surface area contributed by atoms with Crippen molar-refractivity contribution in [3.63, 3.8) is 0 Å². The van der Waals surface area contributed by atoms with Gasteiger partial charge in [0, 0.05) is 13.0 Å². The van der Waals surface area contributed by atoms with Crippen molar-refractivity contribution in [2.75, 3.05) is 33.3 Å². The molecule has 170 valence electrons. The molecule has 7 heteroatoms. The lowest BCUT2D eigenvalue weighted by Gasteiger charge is -2.47. The van der Waals surface area contributed by atoms with Crippen molar-refractivity contribution in [1.82, 2.24) is 9.80 Å². The van der Waals surface area contributed by atoms with Crippen molar-refractivity contribution >= 4 is 12.2 Å². The number of likely N-dealkylation sites (tertiary alicyclic amines) is 1. The van der Waals surface area contributed by atoms with Gasteiger partial charge in [-0.25, -0.2) is 9.59 Å². The van der Waals surface area contributed by atoms with Crippen LogP contribution in [0.4, 0.5) is 9.59 Å². The van der Waals surface area contributed by atoms with E-state index in [2.05, 4.69) is 24.3 Å². The fourth-order valence-electron chi connectivity index (χ4n) is 4.42. The Labute approximate surface area is 188 Å². The van der Waals surface area contributed by atoms with E-state index in [0.29, 0.717) is 0 Å². The van der Waals surface area contributed by atoms with Crippen LogP contribution in [-0.4, -0.2) is 71.6 Å². The van der Waals surface area contributed by atoms with Gasteiger partial charge in [-0.2, -0.15) is 0 Å². The molecule has 1 saturated heterocycles. The van der Waals surface area contributed by atoms with E-state index in [-0.39, 0.29) is 32.2 Å². The van der Waals surface area contributed by atoms with E-state index < -0.39 is 23.4 Å². The molecule has 0 radical (unpaired) electrons. The van der Waals surface area contributed by atoms with Gasteiger partial charge in [0.05, 0.1) is 19.6 Å². The lowest BCUT2D eigenvalue weighted by atomic mass is 9.94. The molecule has 2 aromatic rings. The number of β-amino-alcohol motifs (C(OH)–C–C–N with tert-alkyl or cyclic N) is 1. The number of fused-ring (bicyclic) bond motifs is 3. The molecule has 4 rings (SSSR count). The average Bonchev–Trinajstić information content (AvgIpc) is 3.02. The third kappa shape index (κ3) is 4.43. The highest BCUT2D eigenvalue weighted by Crippen LogP contribution is 2.44. The van der Waals surface area contributed by atoms with Crippen LogP contribution in [0.2, 0.25) is 0 Å². The number of hydrogen-bond acceptors (Lipinski definition) is 5. The van der Waals surface area contributed by atoms with E-state index in [1.54, 1.807) is 27.8 Å². The van der Waals surface area contributed by atoms with E-state index in [4.69, 9.17) is 9.47 Å². The van der Waals surface area contributed by atoms with Crippen LogP contribution in [0.25, 0.3) is 11.1 Å². The van der Waals surface area contributed by atoms with Crippen molar-refractivity contribution in [3.8, 4) is 11.1 Å². The second-order valence-corrected chi connectivity index (χ2v) is 9.72. The van der Waals surface area contributed by atoms with Crippen LogP contribution in [0, 0.1) is 0 Å². The summed E-state index contributed by atoms with van der Waals surface area (Å²) in [7, 11) is 1.57. The maximum absolute atomic E-state index is 12.6. The first-order valence-corrected chi connectivity index (χ1v) is 10.8. The van der Waals surface area contributed by atoms with Crippen LogP contribution in [-0.2, 0) is 9.47 Å². The number of ether oxygens (including phenoxy) is 2. The molecule has 7 nitrogen and oxygen atoms in total. The average molecular weight is 439 g/mol. The lowest BCUT2D eigenvalue weighted by molar-refractivity contribution is -0.102. The summed E-state index contributed by atoms with van der Waals surface area (Å²) in [5.74, 6) is -0.00943. The zero-order chi connectivity index (χ0) is 23.1.